The fraction of sp³-hybridized carbons (Fsp3) is 0.333. The van der Waals surface area contributed by atoms with E-state index in [0.29, 0.717) is 29.2 Å². The summed E-state index contributed by atoms with van der Waals surface area (Å²) in [5.41, 5.74) is 0.947. The van der Waals surface area contributed by atoms with E-state index in [9.17, 15) is 4.79 Å². The van der Waals surface area contributed by atoms with Crippen molar-refractivity contribution < 1.29 is 9.90 Å². The number of rotatable bonds is 2. The monoisotopic (exact) mass is 250 g/mol. The first-order valence-electron chi connectivity index (χ1n) is 5.26. The third kappa shape index (κ3) is 2.26. The zero-order valence-corrected chi connectivity index (χ0v) is 9.81. The molecule has 1 aromatic rings. The lowest BCUT2D eigenvalue weighted by molar-refractivity contribution is -0.117. The minimum Gasteiger partial charge on any atom is -0.396 e. The maximum absolute atomic E-state index is 11.8. The van der Waals surface area contributed by atoms with Gasteiger partial charge in [-0.25, -0.2) is 0 Å². The molecule has 1 aliphatic rings. The highest BCUT2D eigenvalue weighted by atomic mass is 35.5. The molecule has 0 bridgehead atoms. The van der Waals surface area contributed by atoms with Crippen molar-refractivity contribution >= 4 is 23.2 Å². The Morgan fingerprint density at radius 2 is 2.35 bits per heavy atom. The summed E-state index contributed by atoms with van der Waals surface area (Å²) in [6.45, 7) is 0.412. The first-order chi connectivity index (χ1) is 8.15. The van der Waals surface area contributed by atoms with Gasteiger partial charge < -0.3 is 10.0 Å². The Kier molecular flexibility index (Phi) is 3.32. The predicted molar refractivity (Wildman–Crippen MR) is 63.7 cm³/mol. The minimum atomic E-state index is -0.0807. The van der Waals surface area contributed by atoms with Crippen LogP contribution in [0.5, 0.6) is 0 Å². The van der Waals surface area contributed by atoms with Crippen LogP contribution >= 0.6 is 11.6 Å². The molecule has 1 unspecified atom stereocenters. The molecule has 2 rings (SSSR count). The maximum atomic E-state index is 11.8. The summed E-state index contributed by atoms with van der Waals surface area (Å²) >= 11 is 5.87. The van der Waals surface area contributed by atoms with E-state index in [1.165, 1.54) is 4.90 Å². The molecule has 0 radical (unpaired) electrons. The van der Waals surface area contributed by atoms with Crippen LogP contribution in [-0.2, 0) is 4.79 Å². The lowest BCUT2D eigenvalue weighted by atomic mass is 10.1. The molecule has 1 atom stereocenters. The molecule has 1 saturated heterocycles. The van der Waals surface area contributed by atoms with E-state index >= 15 is 0 Å². The smallest absolute Gasteiger partial charge is 0.227 e. The lowest BCUT2D eigenvalue weighted by Crippen LogP contribution is -2.25. The molecule has 1 N–H and O–H groups in total. The first kappa shape index (κ1) is 11.9. The number of carbonyl (C=O) groups excluding carboxylic acids is 1. The number of aliphatic hydroxyl groups excluding tert-OH is 1. The predicted octanol–water partition coefficient (Wildman–Crippen LogP) is 1.56. The molecule has 5 heteroatoms. The van der Waals surface area contributed by atoms with Crippen LogP contribution in [0, 0.1) is 17.2 Å². The minimum absolute atomic E-state index is 0.0231. The number of carbonyl (C=O) groups is 1. The molecule has 0 aliphatic carbocycles. The summed E-state index contributed by atoms with van der Waals surface area (Å²) in [7, 11) is 0. The van der Waals surface area contributed by atoms with Crippen molar-refractivity contribution in [2.24, 2.45) is 5.92 Å². The Balaban J connectivity index is 2.37. The molecule has 1 heterocycles. The molecule has 4 nitrogen and oxygen atoms in total. The summed E-state index contributed by atoms with van der Waals surface area (Å²) in [5, 5.41) is 18.5. The molecule has 1 amide bonds. The van der Waals surface area contributed by atoms with Gasteiger partial charge in [-0.2, -0.15) is 5.26 Å². The van der Waals surface area contributed by atoms with Gasteiger partial charge in [0.05, 0.1) is 11.3 Å². The molecular formula is C12H11ClN2O2. The fourth-order valence-electron chi connectivity index (χ4n) is 1.96. The molecule has 1 fully saturated rings. The van der Waals surface area contributed by atoms with E-state index < -0.39 is 0 Å². The van der Waals surface area contributed by atoms with Gasteiger partial charge in [0.1, 0.15) is 6.07 Å². The second kappa shape index (κ2) is 4.74. The highest BCUT2D eigenvalue weighted by Crippen LogP contribution is 2.29. The fourth-order valence-corrected chi connectivity index (χ4v) is 2.13. The van der Waals surface area contributed by atoms with E-state index in [2.05, 4.69) is 0 Å². The Morgan fingerprint density at radius 1 is 1.59 bits per heavy atom. The summed E-state index contributed by atoms with van der Waals surface area (Å²) in [6.07, 6.45) is 0.313. The average molecular weight is 251 g/mol. The Hall–Kier alpha value is -1.57. The van der Waals surface area contributed by atoms with E-state index in [1.807, 2.05) is 6.07 Å². The van der Waals surface area contributed by atoms with Crippen molar-refractivity contribution in [2.45, 2.75) is 6.42 Å². The number of halogens is 1. The van der Waals surface area contributed by atoms with E-state index in [0.717, 1.165) is 0 Å². The average Bonchev–Trinajstić information content (AvgIpc) is 2.70. The van der Waals surface area contributed by atoms with Gasteiger partial charge in [0, 0.05) is 30.5 Å². The van der Waals surface area contributed by atoms with Crippen molar-refractivity contribution in [3.05, 3.63) is 28.8 Å². The number of nitriles is 1. The second-order valence-corrected chi connectivity index (χ2v) is 4.47. The normalized spacial score (nSPS) is 19.5. The summed E-state index contributed by atoms with van der Waals surface area (Å²) < 4.78 is 0. The molecular weight excluding hydrogens is 240 g/mol. The molecule has 1 aromatic carbocycles. The first-order valence-corrected chi connectivity index (χ1v) is 5.64. The summed E-state index contributed by atoms with van der Waals surface area (Å²) in [4.78, 5) is 13.3. The molecule has 0 spiro atoms. The Labute approximate surface area is 104 Å². The van der Waals surface area contributed by atoms with Gasteiger partial charge in [-0.05, 0) is 18.2 Å². The van der Waals surface area contributed by atoms with Gasteiger partial charge in [-0.3, -0.25) is 4.79 Å². The van der Waals surface area contributed by atoms with E-state index in [-0.39, 0.29) is 18.4 Å². The third-order valence-electron chi connectivity index (χ3n) is 2.83. The zero-order valence-electron chi connectivity index (χ0n) is 9.06. The molecule has 17 heavy (non-hydrogen) atoms. The second-order valence-electron chi connectivity index (χ2n) is 4.03. The topological polar surface area (TPSA) is 64.3 Å². The molecule has 88 valence electrons. The SMILES string of the molecule is N#Cc1ccc(Cl)cc1N1CC(CO)CC1=O. The van der Waals surface area contributed by atoms with Crippen LogP contribution in [0.3, 0.4) is 0 Å². The van der Waals surface area contributed by atoms with Crippen LogP contribution in [0.1, 0.15) is 12.0 Å². The molecule has 0 saturated carbocycles. The highest BCUT2D eigenvalue weighted by Gasteiger charge is 2.31. The van der Waals surface area contributed by atoms with Gasteiger partial charge in [0.2, 0.25) is 5.91 Å². The number of benzene rings is 1. The lowest BCUT2D eigenvalue weighted by Gasteiger charge is -2.18. The molecule has 0 aromatic heterocycles. The van der Waals surface area contributed by atoms with E-state index in [1.54, 1.807) is 18.2 Å². The molecule has 1 aliphatic heterocycles. The van der Waals surface area contributed by atoms with Gasteiger partial charge in [-0.15, -0.1) is 0 Å². The number of hydrogen-bond acceptors (Lipinski definition) is 3. The Bertz CT molecular complexity index is 496. The van der Waals surface area contributed by atoms with Crippen LogP contribution in [-0.4, -0.2) is 24.2 Å². The van der Waals surface area contributed by atoms with Crippen molar-refractivity contribution in [1.29, 1.82) is 5.26 Å². The van der Waals surface area contributed by atoms with Crippen molar-refractivity contribution in [3.63, 3.8) is 0 Å². The number of aliphatic hydroxyl groups is 1. The van der Waals surface area contributed by atoms with Gasteiger partial charge in [0.25, 0.3) is 0 Å². The zero-order chi connectivity index (χ0) is 12.4. The number of nitrogens with zero attached hydrogens (tertiary/aromatic N) is 2. The third-order valence-corrected chi connectivity index (χ3v) is 3.07. The number of hydrogen-bond donors (Lipinski definition) is 1. The quantitative estimate of drug-likeness (QED) is 0.866. The highest BCUT2D eigenvalue weighted by molar-refractivity contribution is 6.31. The van der Waals surface area contributed by atoms with Crippen LogP contribution in [0.2, 0.25) is 5.02 Å². The van der Waals surface area contributed by atoms with Crippen LogP contribution in [0.15, 0.2) is 18.2 Å². The van der Waals surface area contributed by atoms with Crippen molar-refractivity contribution in [2.75, 3.05) is 18.1 Å². The Morgan fingerprint density at radius 3 is 2.94 bits per heavy atom. The van der Waals surface area contributed by atoms with Gasteiger partial charge in [-0.1, -0.05) is 11.6 Å². The number of amides is 1. The van der Waals surface area contributed by atoms with Crippen LogP contribution in [0.25, 0.3) is 0 Å². The van der Waals surface area contributed by atoms with Crippen molar-refractivity contribution in [1.82, 2.24) is 0 Å². The van der Waals surface area contributed by atoms with Gasteiger partial charge >= 0.3 is 0 Å². The summed E-state index contributed by atoms with van der Waals surface area (Å²) in [5.74, 6) is -0.143. The van der Waals surface area contributed by atoms with Crippen LogP contribution in [0.4, 0.5) is 5.69 Å². The maximum Gasteiger partial charge on any atom is 0.227 e. The number of anilines is 1. The van der Waals surface area contributed by atoms with Gasteiger partial charge in [0.15, 0.2) is 0 Å². The standard InChI is InChI=1S/C12H11ClN2O2/c13-10-2-1-9(5-14)11(4-10)15-6-8(7-16)3-12(15)17/h1-2,4,8,16H,3,6-7H2. The van der Waals surface area contributed by atoms with Crippen molar-refractivity contribution in [3.8, 4) is 6.07 Å². The largest absolute Gasteiger partial charge is 0.396 e. The van der Waals surface area contributed by atoms with E-state index in [4.69, 9.17) is 22.0 Å². The van der Waals surface area contributed by atoms with Crippen LogP contribution < -0.4 is 4.90 Å². The summed E-state index contributed by atoms with van der Waals surface area (Å²) in [6, 6.07) is 6.86.